The summed E-state index contributed by atoms with van der Waals surface area (Å²) in [6.45, 7) is 5.61. The number of carbonyl (C=O) groups is 1. The molecule has 1 fully saturated rings. The summed E-state index contributed by atoms with van der Waals surface area (Å²) >= 11 is 5.34. The van der Waals surface area contributed by atoms with Crippen molar-refractivity contribution in [1.29, 1.82) is 0 Å². The maximum atomic E-state index is 12.5. The van der Waals surface area contributed by atoms with Crippen molar-refractivity contribution in [3.8, 4) is 0 Å². The molecule has 2 heterocycles. The molecule has 0 spiro atoms. The molecule has 0 bridgehead atoms. The number of rotatable bonds is 3. The number of anilines is 1. The molecule has 2 amide bonds. The van der Waals surface area contributed by atoms with Gasteiger partial charge in [-0.15, -0.1) is 0 Å². The smallest absolute Gasteiger partial charge is 0.321 e. The molecule has 6 nitrogen and oxygen atoms in total. The lowest BCUT2D eigenvalue weighted by Crippen LogP contribution is -2.42. The Morgan fingerprint density at radius 1 is 1.38 bits per heavy atom. The van der Waals surface area contributed by atoms with Crippen LogP contribution in [-0.2, 0) is 0 Å². The Balaban J connectivity index is 1.73. The highest BCUT2D eigenvalue weighted by Gasteiger charge is 2.28. The van der Waals surface area contributed by atoms with Crippen molar-refractivity contribution in [2.75, 3.05) is 18.4 Å². The molecule has 2 N–H and O–H groups in total. The molecule has 0 unspecified atom stereocenters. The van der Waals surface area contributed by atoms with E-state index in [1.54, 1.807) is 0 Å². The fourth-order valence-corrected chi connectivity index (χ4v) is 3.55. The molecule has 1 aliphatic rings. The lowest BCUT2D eigenvalue weighted by molar-refractivity contribution is 0.190. The van der Waals surface area contributed by atoms with Crippen LogP contribution < -0.4 is 5.32 Å². The number of aromatic nitrogens is 3. The van der Waals surface area contributed by atoms with Gasteiger partial charge >= 0.3 is 6.03 Å². The fraction of sp³-hybridized carbons (Fsp3) is 0.471. The Morgan fingerprint density at radius 2 is 2.12 bits per heavy atom. The van der Waals surface area contributed by atoms with Crippen LogP contribution in [-0.4, -0.2) is 38.8 Å². The molecule has 24 heavy (non-hydrogen) atoms. The Bertz CT molecular complexity index is 752. The standard InChI is InChI=1S/C17H23N5OS/c1-12(2)22-15(19-20-17(22)24)13-7-6-10-21(11-13)16(23)18-14-8-4-3-5-9-14/h3-5,8-9,12-13H,6-7,10-11H2,1-2H3,(H,18,23)(H,20,24)/t13-/m1/s1. The molecule has 0 aliphatic carbocycles. The molecule has 0 saturated carbocycles. The number of benzene rings is 1. The van der Waals surface area contributed by atoms with E-state index in [9.17, 15) is 4.79 Å². The van der Waals surface area contributed by atoms with Gasteiger partial charge in [-0.2, -0.15) is 5.10 Å². The van der Waals surface area contributed by atoms with Crippen molar-refractivity contribution in [2.24, 2.45) is 0 Å². The second kappa shape index (κ2) is 7.17. The molecule has 0 radical (unpaired) electrons. The van der Waals surface area contributed by atoms with E-state index in [4.69, 9.17) is 12.2 Å². The number of piperidine rings is 1. The van der Waals surface area contributed by atoms with E-state index >= 15 is 0 Å². The largest absolute Gasteiger partial charge is 0.324 e. The number of hydrogen-bond donors (Lipinski definition) is 2. The van der Waals surface area contributed by atoms with Crippen molar-refractivity contribution in [2.45, 2.75) is 38.6 Å². The minimum atomic E-state index is -0.0591. The SMILES string of the molecule is CC(C)n1c([C@@H]2CCCN(C(=O)Nc3ccccc3)C2)n[nH]c1=S. The lowest BCUT2D eigenvalue weighted by atomic mass is 9.97. The van der Waals surface area contributed by atoms with Crippen LogP contribution in [0.3, 0.4) is 0 Å². The summed E-state index contributed by atoms with van der Waals surface area (Å²) in [5.74, 6) is 1.16. The Labute approximate surface area is 146 Å². The summed E-state index contributed by atoms with van der Waals surface area (Å²) in [6, 6.07) is 9.73. The number of urea groups is 1. The first-order chi connectivity index (χ1) is 11.6. The van der Waals surface area contributed by atoms with E-state index in [2.05, 4.69) is 33.9 Å². The van der Waals surface area contributed by atoms with Gasteiger partial charge in [0.15, 0.2) is 4.77 Å². The number of nitrogens with zero attached hydrogens (tertiary/aromatic N) is 3. The number of para-hydroxylation sites is 1. The number of likely N-dealkylation sites (tertiary alicyclic amines) is 1. The van der Waals surface area contributed by atoms with Crippen molar-refractivity contribution in [1.82, 2.24) is 19.7 Å². The highest BCUT2D eigenvalue weighted by molar-refractivity contribution is 7.71. The van der Waals surface area contributed by atoms with Gasteiger partial charge in [-0.1, -0.05) is 18.2 Å². The molecule has 1 aromatic heterocycles. The van der Waals surface area contributed by atoms with Gasteiger partial charge in [0.05, 0.1) is 0 Å². The van der Waals surface area contributed by atoms with Crippen LogP contribution in [0, 0.1) is 4.77 Å². The van der Waals surface area contributed by atoms with Crippen molar-refractivity contribution >= 4 is 23.9 Å². The van der Waals surface area contributed by atoms with Gasteiger partial charge in [0.25, 0.3) is 0 Å². The zero-order valence-corrected chi connectivity index (χ0v) is 14.8. The Hall–Kier alpha value is -2.15. The molecular formula is C17H23N5OS. The third kappa shape index (κ3) is 3.51. The van der Waals surface area contributed by atoms with Crippen LogP contribution in [0.25, 0.3) is 0 Å². The predicted octanol–water partition coefficient (Wildman–Crippen LogP) is 3.93. The first-order valence-corrected chi connectivity index (χ1v) is 8.75. The molecule has 1 aliphatic heterocycles. The topological polar surface area (TPSA) is 66.0 Å². The van der Waals surface area contributed by atoms with Crippen LogP contribution >= 0.6 is 12.2 Å². The number of H-pyrrole nitrogens is 1. The normalized spacial score (nSPS) is 18.0. The summed E-state index contributed by atoms with van der Waals surface area (Å²) in [7, 11) is 0. The van der Waals surface area contributed by atoms with Gasteiger partial charge in [0, 0.05) is 30.7 Å². The molecule has 1 saturated heterocycles. The maximum Gasteiger partial charge on any atom is 0.321 e. The van der Waals surface area contributed by atoms with Gasteiger partial charge in [-0.05, 0) is 51.0 Å². The molecule has 1 atom stereocenters. The minimum absolute atomic E-state index is 0.0591. The predicted molar refractivity (Wildman–Crippen MR) is 96.8 cm³/mol. The van der Waals surface area contributed by atoms with E-state index in [1.807, 2.05) is 35.2 Å². The van der Waals surface area contributed by atoms with Gasteiger partial charge in [-0.3, -0.25) is 5.10 Å². The molecule has 7 heteroatoms. The fourth-order valence-electron chi connectivity index (χ4n) is 3.20. The van der Waals surface area contributed by atoms with Crippen LogP contribution in [0.5, 0.6) is 0 Å². The van der Waals surface area contributed by atoms with E-state index in [-0.39, 0.29) is 18.0 Å². The third-order valence-electron chi connectivity index (χ3n) is 4.35. The Kier molecular flexibility index (Phi) is 4.99. The summed E-state index contributed by atoms with van der Waals surface area (Å²) in [4.78, 5) is 14.4. The monoisotopic (exact) mass is 345 g/mol. The number of hydrogen-bond acceptors (Lipinski definition) is 3. The second-order valence-electron chi connectivity index (χ2n) is 6.43. The molecule has 3 rings (SSSR count). The highest BCUT2D eigenvalue weighted by Crippen LogP contribution is 2.27. The summed E-state index contributed by atoms with van der Waals surface area (Å²) in [5.41, 5.74) is 0.814. The molecular weight excluding hydrogens is 322 g/mol. The average Bonchev–Trinajstić information content (AvgIpc) is 2.98. The first kappa shape index (κ1) is 16.7. The summed E-state index contributed by atoms with van der Waals surface area (Å²) < 4.78 is 2.70. The zero-order valence-electron chi connectivity index (χ0n) is 14.0. The number of nitrogens with one attached hydrogen (secondary N) is 2. The summed E-state index contributed by atoms with van der Waals surface area (Å²) in [6.07, 6.45) is 1.98. The maximum absolute atomic E-state index is 12.5. The summed E-state index contributed by atoms with van der Waals surface area (Å²) in [5, 5.41) is 10.3. The number of amides is 2. The zero-order chi connectivity index (χ0) is 17.1. The van der Waals surface area contributed by atoms with Crippen LogP contribution in [0.15, 0.2) is 30.3 Å². The highest BCUT2D eigenvalue weighted by atomic mass is 32.1. The lowest BCUT2D eigenvalue weighted by Gasteiger charge is -2.32. The quantitative estimate of drug-likeness (QED) is 0.828. The van der Waals surface area contributed by atoms with Crippen molar-refractivity contribution in [3.05, 3.63) is 40.9 Å². The number of aromatic amines is 1. The van der Waals surface area contributed by atoms with Crippen LogP contribution in [0.2, 0.25) is 0 Å². The molecule has 128 valence electrons. The van der Waals surface area contributed by atoms with Crippen molar-refractivity contribution < 1.29 is 4.79 Å². The third-order valence-corrected chi connectivity index (χ3v) is 4.63. The van der Waals surface area contributed by atoms with E-state index in [0.29, 0.717) is 11.3 Å². The molecule has 1 aromatic carbocycles. The van der Waals surface area contributed by atoms with Gasteiger partial charge in [0.2, 0.25) is 0 Å². The van der Waals surface area contributed by atoms with Gasteiger partial charge in [0.1, 0.15) is 5.82 Å². The molecule has 2 aromatic rings. The average molecular weight is 345 g/mol. The van der Waals surface area contributed by atoms with Gasteiger partial charge < -0.3 is 14.8 Å². The van der Waals surface area contributed by atoms with Gasteiger partial charge in [-0.25, -0.2) is 4.79 Å². The van der Waals surface area contributed by atoms with Crippen LogP contribution in [0.1, 0.15) is 44.5 Å². The second-order valence-corrected chi connectivity index (χ2v) is 6.82. The van der Waals surface area contributed by atoms with E-state index < -0.39 is 0 Å². The number of carbonyl (C=O) groups excluding carboxylic acids is 1. The first-order valence-electron chi connectivity index (χ1n) is 8.34. The van der Waals surface area contributed by atoms with Crippen molar-refractivity contribution in [3.63, 3.8) is 0 Å². The van der Waals surface area contributed by atoms with E-state index in [1.165, 1.54) is 0 Å². The van der Waals surface area contributed by atoms with Crippen LogP contribution in [0.4, 0.5) is 10.5 Å². The minimum Gasteiger partial charge on any atom is -0.324 e. The van der Waals surface area contributed by atoms with E-state index in [0.717, 1.165) is 30.9 Å². The Morgan fingerprint density at radius 3 is 2.83 bits per heavy atom.